The fourth-order valence-electron chi connectivity index (χ4n) is 0.966. The van der Waals surface area contributed by atoms with Gasteiger partial charge >= 0.3 is 0 Å². The van der Waals surface area contributed by atoms with Gasteiger partial charge in [0.1, 0.15) is 0 Å². The molecule has 0 amide bonds. The zero-order chi connectivity index (χ0) is 7.68. The first-order valence-electron chi connectivity index (χ1n) is 3.13. The van der Waals surface area contributed by atoms with Gasteiger partial charge in [-0.15, -0.1) is 0 Å². The van der Waals surface area contributed by atoms with E-state index < -0.39 is 0 Å². The van der Waals surface area contributed by atoms with Gasteiger partial charge in [-0.3, -0.25) is 0 Å². The van der Waals surface area contributed by atoms with Gasteiger partial charge in [0, 0.05) is 11.0 Å². The largest absolute Gasteiger partial charge is 0.332 e. The van der Waals surface area contributed by atoms with Crippen molar-refractivity contribution in [2.24, 2.45) is 0 Å². The van der Waals surface area contributed by atoms with Crippen molar-refractivity contribution >= 4 is 32.7 Å². The van der Waals surface area contributed by atoms with Gasteiger partial charge in [-0.05, 0) is 22.8 Å². The van der Waals surface area contributed by atoms with Crippen LogP contribution in [-0.4, -0.2) is 9.97 Å². The van der Waals surface area contributed by atoms with E-state index in [1.165, 1.54) is 0 Å². The Balaban J connectivity index is 2.69. The van der Waals surface area contributed by atoms with Crippen LogP contribution in [0.4, 0.5) is 0 Å². The second-order valence-electron chi connectivity index (χ2n) is 2.14. The summed E-state index contributed by atoms with van der Waals surface area (Å²) in [5, 5.41) is 0.743. The van der Waals surface area contributed by atoms with E-state index in [4.69, 9.17) is 10.7 Å². The summed E-state index contributed by atoms with van der Waals surface area (Å²) in [5.41, 5.74) is 1.98. The number of rotatable bonds is 1. The Hall–Kier alpha value is -0.670. The number of aromatic nitrogens is 2. The highest BCUT2D eigenvalue weighted by Gasteiger charge is 1.99. The summed E-state index contributed by atoms with van der Waals surface area (Å²) < 4.78 is 0. The molecule has 1 N–H and O–H groups in total. The van der Waals surface area contributed by atoms with E-state index in [0.717, 1.165) is 27.2 Å². The van der Waals surface area contributed by atoms with Crippen molar-refractivity contribution in [3.63, 3.8) is 0 Å². The van der Waals surface area contributed by atoms with Crippen LogP contribution in [-0.2, 0) is 0 Å². The maximum Gasteiger partial charge on any atom is 0.182 e. The van der Waals surface area contributed by atoms with Crippen LogP contribution in [0, 0.1) is 0 Å². The number of imidazole rings is 1. The van der Waals surface area contributed by atoms with Crippen LogP contribution in [0.1, 0.15) is 0 Å². The quantitative estimate of drug-likeness (QED) is 0.739. The van der Waals surface area contributed by atoms with Crippen LogP contribution in [0.5, 0.6) is 0 Å². The van der Waals surface area contributed by atoms with Gasteiger partial charge in [0.15, 0.2) is 5.16 Å². The first-order chi connectivity index (χ1) is 5.40. The predicted octanol–water partition coefficient (Wildman–Crippen LogP) is 2.81. The number of H-pyrrole nitrogens is 1. The van der Waals surface area contributed by atoms with Crippen molar-refractivity contribution in [3.05, 3.63) is 24.3 Å². The summed E-state index contributed by atoms with van der Waals surface area (Å²) >= 11 is 0. The molecule has 2 nitrogen and oxygen atoms in total. The van der Waals surface area contributed by atoms with Crippen LogP contribution < -0.4 is 0 Å². The van der Waals surface area contributed by atoms with Gasteiger partial charge in [0.2, 0.25) is 0 Å². The summed E-state index contributed by atoms with van der Waals surface area (Å²) in [4.78, 5) is 7.27. The third-order valence-corrected chi connectivity index (χ3v) is 2.22. The number of fused-ring (bicyclic) bond motifs is 1. The number of nitrogens with zero attached hydrogens (tertiary/aromatic N) is 1. The highest BCUT2D eigenvalue weighted by atomic mass is 35.7. The van der Waals surface area contributed by atoms with Gasteiger partial charge < -0.3 is 4.98 Å². The van der Waals surface area contributed by atoms with Gasteiger partial charge in [-0.2, -0.15) is 0 Å². The highest BCUT2D eigenvalue weighted by Crippen LogP contribution is 2.21. The molecule has 0 spiro atoms. The lowest BCUT2D eigenvalue weighted by Gasteiger charge is -1.81. The minimum Gasteiger partial charge on any atom is -0.332 e. The third-order valence-electron chi connectivity index (χ3n) is 1.44. The zero-order valence-corrected chi connectivity index (χ0v) is 7.12. The molecule has 0 unspecified atom stereocenters. The molecule has 11 heavy (non-hydrogen) atoms. The molecule has 4 heteroatoms. The minimum absolute atomic E-state index is 0.743. The zero-order valence-electron chi connectivity index (χ0n) is 5.54. The SMILES string of the molecule is ClSc1nc2ccccc2[nH]1. The van der Waals surface area contributed by atoms with E-state index in [1.807, 2.05) is 24.3 Å². The van der Waals surface area contributed by atoms with Crippen LogP contribution in [0.25, 0.3) is 11.0 Å². The molecule has 0 aliphatic carbocycles. The standard InChI is InChI=1S/C7H5ClN2S/c8-11-7-9-5-3-1-2-4-6(5)10-7/h1-4H,(H,9,10). The van der Waals surface area contributed by atoms with E-state index in [1.54, 1.807) is 0 Å². The normalized spacial score (nSPS) is 10.6. The Morgan fingerprint density at radius 1 is 1.36 bits per heavy atom. The monoisotopic (exact) mass is 184 g/mol. The average Bonchev–Trinajstić information content (AvgIpc) is 2.46. The van der Waals surface area contributed by atoms with Gasteiger partial charge in [-0.1, -0.05) is 12.1 Å². The Bertz CT molecular complexity index is 338. The maximum atomic E-state index is 5.52. The summed E-state index contributed by atoms with van der Waals surface area (Å²) in [6.07, 6.45) is 0. The number of benzene rings is 1. The molecule has 2 rings (SSSR count). The molecule has 0 saturated carbocycles. The first-order valence-corrected chi connectivity index (χ1v) is 4.78. The molecule has 0 fully saturated rings. The van der Waals surface area contributed by atoms with Crippen LogP contribution in [0.3, 0.4) is 0 Å². The summed E-state index contributed by atoms with van der Waals surface area (Å²) in [6.45, 7) is 0. The van der Waals surface area contributed by atoms with E-state index in [-0.39, 0.29) is 0 Å². The van der Waals surface area contributed by atoms with Crippen molar-refractivity contribution in [1.82, 2.24) is 9.97 Å². The number of halogens is 1. The number of para-hydroxylation sites is 2. The van der Waals surface area contributed by atoms with Crippen molar-refractivity contribution in [1.29, 1.82) is 0 Å². The molecule has 1 aromatic carbocycles. The first kappa shape index (κ1) is 7.00. The number of hydrogen-bond donors (Lipinski definition) is 1. The van der Waals surface area contributed by atoms with Gasteiger partial charge in [0.05, 0.1) is 11.0 Å². The number of aromatic amines is 1. The molecule has 0 aliphatic rings. The lowest BCUT2D eigenvalue weighted by Crippen LogP contribution is -1.64. The number of hydrogen-bond acceptors (Lipinski definition) is 2. The van der Waals surface area contributed by atoms with E-state index in [9.17, 15) is 0 Å². The molecule has 0 atom stereocenters. The van der Waals surface area contributed by atoms with Crippen LogP contribution in [0.2, 0.25) is 0 Å². The van der Waals surface area contributed by atoms with Crippen molar-refractivity contribution < 1.29 is 0 Å². The summed E-state index contributed by atoms with van der Waals surface area (Å²) in [7, 11) is 6.62. The van der Waals surface area contributed by atoms with E-state index in [2.05, 4.69) is 9.97 Å². The third kappa shape index (κ3) is 1.21. The Kier molecular flexibility index (Phi) is 1.75. The van der Waals surface area contributed by atoms with Crippen molar-refractivity contribution in [2.45, 2.75) is 5.16 Å². The Morgan fingerprint density at radius 2 is 2.18 bits per heavy atom. The minimum atomic E-state index is 0.743. The van der Waals surface area contributed by atoms with Crippen LogP contribution >= 0.6 is 21.7 Å². The lowest BCUT2D eigenvalue weighted by molar-refractivity contribution is 1.09. The highest BCUT2D eigenvalue weighted by molar-refractivity contribution is 8.21. The molecule has 0 radical (unpaired) electrons. The van der Waals surface area contributed by atoms with Crippen molar-refractivity contribution in [3.8, 4) is 0 Å². The molecule has 56 valence electrons. The molecule has 1 heterocycles. The average molecular weight is 185 g/mol. The number of nitrogens with one attached hydrogen (secondary N) is 1. The van der Waals surface area contributed by atoms with E-state index in [0.29, 0.717) is 0 Å². The van der Waals surface area contributed by atoms with Gasteiger partial charge in [0.25, 0.3) is 0 Å². The molecular formula is C7H5ClN2S. The predicted molar refractivity (Wildman–Crippen MR) is 47.8 cm³/mol. The molecule has 0 bridgehead atoms. The molecule has 0 saturated heterocycles. The molecule has 0 aliphatic heterocycles. The molecular weight excluding hydrogens is 180 g/mol. The van der Waals surface area contributed by atoms with E-state index >= 15 is 0 Å². The second-order valence-corrected chi connectivity index (χ2v) is 3.14. The summed E-state index contributed by atoms with van der Waals surface area (Å²) in [5.74, 6) is 0. The topological polar surface area (TPSA) is 28.7 Å². The van der Waals surface area contributed by atoms with Crippen LogP contribution in [0.15, 0.2) is 29.4 Å². The molecule has 2 aromatic rings. The second kappa shape index (κ2) is 2.75. The van der Waals surface area contributed by atoms with Gasteiger partial charge in [-0.25, -0.2) is 4.98 Å². The maximum absolute atomic E-state index is 5.52. The van der Waals surface area contributed by atoms with Crippen molar-refractivity contribution in [2.75, 3.05) is 0 Å². The molecule has 1 aromatic heterocycles. The fraction of sp³-hybridized carbons (Fsp3) is 0. The Morgan fingerprint density at radius 3 is 2.91 bits per heavy atom. The fourth-order valence-corrected chi connectivity index (χ4v) is 1.47. The summed E-state index contributed by atoms with van der Waals surface area (Å²) in [6, 6.07) is 7.83. The Labute approximate surface area is 72.5 Å². The lowest BCUT2D eigenvalue weighted by atomic mass is 10.3. The smallest absolute Gasteiger partial charge is 0.182 e.